The molecule has 2 aromatic carbocycles. The molecule has 8 heteroatoms. The van der Waals surface area contributed by atoms with E-state index in [4.69, 9.17) is 4.74 Å². The number of rotatable bonds is 7. The van der Waals surface area contributed by atoms with Gasteiger partial charge >= 0.3 is 0 Å². The topological polar surface area (TPSA) is 73.2 Å². The van der Waals surface area contributed by atoms with Crippen LogP contribution in [0.1, 0.15) is 24.4 Å². The van der Waals surface area contributed by atoms with Crippen molar-refractivity contribution in [3.8, 4) is 16.9 Å². The van der Waals surface area contributed by atoms with Gasteiger partial charge in [-0.25, -0.2) is 9.37 Å². The van der Waals surface area contributed by atoms with E-state index in [1.807, 2.05) is 29.6 Å². The molecule has 5 rings (SSSR count). The first-order valence-electron chi connectivity index (χ1n) is 10.7. The molecule has 1 saturated carbocycles. The van der Waals surface area contributed by atoms with Gasteiger partial charge in [-0.2, -0.15) is 0 Å². The van der Waals surface area contributed by atoms with E-state index in [0.717, 1.165) is 29.7 Å². The number of methoxy groups -OCH3 is 1. The van der Waals surface area contributed by atoms with Crippen molar-refractivity contribution in [2.24, 2.45) is 5.92 Å². The van der Waals surface area contributed by atoms with Crippen molar-refractivity contribution in [2.75, 3.05) is 7.11 Å². The highest BCUT2D eigenvalue weighted by Gasteiger charge is 2.33. The van der Waals surface area contributed by atoms with Gasteiger partial charge in [0.15, 0.2) is 0 Å². The Morgan fingerprint density at radius 2 is 1.94 bits per heavy atom. The summed E-state index contributed by atoms with van der Waals surface area (Å²) in [5.41, 5.74) is 2.15. The van der Waals surface area contributed by atoms with Gasteiger partial charge in [0.25, 0.3) is 5.56 Å². The van der Waals surface area contributed by atoms with E-state index in [0.29, 0.717) is 21.7 Å². The number of thiophene rings is 1. The predicted molar refractivity (Wildman–Crippen MR) is 126 cm³/mol. The van der Waals surface area contributed by atoms with Crippen molar-refractivity contribution < 1.29 is 13.9 Å². The maximum atomic E-state index is 13.3. The molecular formula is C25H22FN3O3S. The molecule has 4 aromatic rings. The van der Waals surface area contributed by atoms with Crippen molar-refractivity contribution in [3.63, 3.8) is 0 Å². The summed E-state index contributed by atoms with van der Waals surface area (Å²) in [7, 11) is 1.62. The van der Waals surface area contributed by atoms with Crippen LogP contribution in [0.5, 0.6) is 5.75 Å². The van der Waals surface area contributed by atoms with Gasteiger partial charge in [0.1, 0.15) is 22.9 Å². The molecule has 168 valence electrons. The number of ether oxygens (including phenoxy) is 1. The molecular weight excluding hydrogens is 441 g/mol. The lowest BCUT2D eigenvalue weighted by molar-refractivity contribution is -0.122. The van der Waals surface area contributed by atoms with Crippen LogP contribution in [-0.4, -0.2) is 22.6 Å². The molecule has 1 aliphatic rings. The second-order valence-corrected chi connectivity index (χ2v) is 9.03. The summed E-state index contributed by atoms with van der Waals surface area (Å²) in [4.78, 5) is 31.1. The summed E-state index contributed by atoms with van der Waals surface area (Å²) in [5.74, 6) is 0.567. The fraction of sp³-hybridized carbons (Fsp3) is 0.240. The lowest BCUT2D eigenvalue weighted by Crippen LogP contribution is -2.35. The first-order valence-corrected chi connectivity index (χ1v) is 11.6. The molecule has 0 spiro atoms. The number of carbonyl (C=O) groups is 1. The highest BCUT2D eigenvalue weighted by Crippen LogP contribution is 2.41. The molecule has 1 fully saturated rings. The number of halogens is 1. The lowest BCUT2D eigenvalue weighted by atomic mass is 10.0. The third-order valence-corrected chi connectivity index (χ3v) is 6.80. The molecule has 1 aliphatic carbocycles. The molecule has 33 heavy (non-hydrogen) atoms. The minimum atomic E-state index is -0.340. The van der Waals surface area contributed by atoms with E-state index in [2.05, 4.69) is 10.3 Å². The number of aromatic nitrogens is 2. The zero-order chi connectivity index (χ0) is 22.9. The van der Waals surface area contributed by atoms with Gasteiger partial charge in [0.2, 0.25) is 5.91 Å². The van der Waals surface area contributed by atoms with E-state index < -0.39 is 0 Å². The van der Waals surface area contributed by atoms with Gasteiger partial charge < -0.3 is 10.1 Å². The smallest absolute Gasteiger partial charge is 0.263 e. The van der Waals surface area contributed by atoms with Crippen molar-refractivity contribution >= 4 is 27.5 Å². The number of nitrogens with one attached hydrogen (secondary N) is 1. The zero-order valence-corrected chi connectivity index (χ0v) is 18.8. The molecule has 0 aliphatic heterocycles. The molecule has 1 unspecified atom stereocenters. The monoisotopic (exact) mass is 463 g/mol. The Morgan fingerprint density at radius 3 is 2.61 bits per heavy atom. The van der Waals surface area contributed by atoms with Crippen LogP contribution in [0.4, 0.5) is 4.39 Å². The number of nitrogens with zero attached hydrogens (tertiary/aromatic N) is 2. The number of amides is 1. The highest BCUT2D eigenvalue weighted by molar-refractivity contribution is 7.17. The van der Waals surface area contributed by atoms with Crippen molar-refractivity contribution in [1.82, 2.24) is 14.9 Å². The van der Waals surface area contributed by atoms with E-state index in [1.165, 1.54) is 34.4 Å². The summed E-state index contributed by atoms with van der Waals surface area (Å²) in [6.45, 7) is -0.125. The van der Waals surface area contributed by atoms with Crippen LogP contribution in [0.15, 0.2) is 65.0 Å². The molecule has 0 saturated heterocycles. The van der Waals surface area contributed by atoms with Gasteiger partial charge in [-0.15, -0.1) is 11.3 Å². The van der Waals surface area contributed by atoms with Crippen molar-refractivity contribution in [2.45, 2.75) is 25.4 Å². The molecule has 2 aromatic heterocycles. The van der Waals surface area contributed by atoms with Crippen molar-refractivity contribution in [3.05, 3.63) is 82.0 Å². The zero-order valence-electron chi connectivity index (χ0n) is 18.0. The minimum Gasteiger partial charge on any atom is -0.497 e. The van der Waals surface area contributed by atoms with Crippen LogP contribution in [-0.2, 0) is 11.3 Å². The fourth-order valence-corrected chi connectivity index (χ4v) is 4.92. The average Bonchev–Trinajstić information content (AvgIpc) is 3.58. The summed E-state index contributed by atoms with van der Waals surface area (Å²) >= 11 is 1.35. The van der Waals surface area contributed by atoms with Crippen LogP contribution in [0, 0.1) is 11.7 Å². The second kappa shape index (κ2) is 8.78. The maximum absolute atomic E-state index is 13.3. The summed E-state index contributed by atoms with van der Waals surface area (Å²) in [6, 6.07) is 13.6. The second-order valence-electron chi connectivity index (χ2n) is 8.17. The van der Waals surface area contributed by atoms with E-state index in [9.17, 15) is 14.0 Å². The first kappa shape index (κ1) is 21.3. The predicted octanol–water partition coefficient (Wildman–Crippen LogP) is 4.54. The number of hydrogen-bond acceptors (Lipinski definition) is 5. The third kappa shape index (κ3) is 4.39. The largest absolute Gasteiger partial charge is 0.497 e. The molecule has 0 radical (unpaired) electrons. The molecule has 1 amide bonds. The maximum Gasteiger partial charge on any atom is 0.263 e. The van der Waals surface area contributed by atoms with Crippen LogP contribution < -0.4 is 15.6 Å². The van der Waals surface area contributed by atoms with Gasteiger partial charge in [-0.3, -0.25) is 14.2 Å². The Bertz CT molecular complexity index is 1360. The molecule has 0 bridgehead atoms. The number of benzene rings is 2. The summed E-state index contributed by atoms with van der Waals surface area (Å²) < 4.78 is 19.9. The average molecular weight is 464 g/mol. The van der Waals surface area contributed by atoms with Gasteiger partial charge in [-0.05, 0) is 54.2 Å². The lowest BCUT2D eigenvalue weighted by Gasteiger charge is -2.19. The quantitative estimate of drug-likeness (QED) is 0.437. The van der Waals surface area contributed by atoms with Crippen LogP contribution >= 0.6 is 11.3 Å². The van der Waals surface area contributed by atoms with Crippen LogP contribution in [0.25, 0.3) is 21.3 Å². The highest BCUT2D eigenvalue weighted by atomic mass is 32.1. The number of fused-ring (bicyclic) bond motifs is 1. The van der Waals surface area contributed by atoms with Crippen molar-refractivity contribution in [1.29, 1.82) is 0 Å². The Labute approximate surface area is 193 Å². The Kier molecular flexibility index (Phi) is 5.68. The van der Waals surface area contributed by atoms with Gasteiger partial charge in [-0.1, -0.05) is 24.3 Å². The summed E-state index contributed by atoms with van der Waals surface area (Å²) in [5, 5.41) is 5.37. The van der Waals surface area contributed by atoms with Crippen LogP contribution in [0.2, 0.25) is 0 Å². The van der Waals surface area contributed by atoms with E-state index >= 15 is 0 Å². The number of hydrogen-bond donors (Lipinski definition) is 1. The number of carbonyl (C=O) groups excluding carboxylic acids is 1. The molecule has 1 N–H and O–H groups in total. The Morgan fingerprint density at radius 1 is 1.21 bits per heavy atom. The van der Waals surface area contributed by atoms with E-state index in [1.54, 1.807) is 19.2 Å². The minimum absolute atomic E-state index is 0.105. The Hall–Kier alpha value is -3.52. The van der Waals surface area contributed by atoms with Gasteiger partial charge in [0, 0.05) is 10.9 Å². The fourth-order valence-electron chi connectivity index (χ4n) is 4.01. The first-order chi connectivity index (χ1) is 16.0. The summed E-state index contributed by atoms with van der Waals surface area (Å²) in [6.07, 6.45) is 3.52. The Balaban J connectivity index is 1.39. The molecule has 1 atom stereocenters. The SMILES string of the molecule is COc1ccc(C(NC(=O)Cn2cnc3scc(-c4ccc(F)cc4)c3c2=O)C2CC2)cc1. The third-order valence-electron chi connectivity index (χ3n) is 5.91. The van der Waals surface area contributed by atoms with Crippen LogP contribution in [0.3, 0.4) is 0 Å². The van der Waals surface area contributed by atoms with Gasteiger partial charge in [0.05, 0.1) is 24.9 Å². The van der Waals surface area contributed by atoms with E-state index in [-0.39, 0.29) is 29.9 Å². The standard InChI is InChI=1S/C25H22FN3O3S/c1-32-19-10-6-17(7-11-19)23(16-2-3-16)28-21(30)12-29-14-27-24-22(25(29)31)20(13-33-24)15-4-8-18(26)9-5-15/h4-11,13-14,16,23H,2-3,12H2,1H3,(H,28,30). The normalized spacial score (nSPS) is 14.2. The molecule has 2 heterocycles. The molecule has 6 nitrogen and oxygen atoms in total.